The van der Waals surface area contributed by atoms with Crippen molar-refractivity contribution in [1.29, 1.82) is 0 Å². The van der Waals surface area contributed by atoms with E-state index in [1.807, 2.05) is 13.8 Å². The van der Waals surface area contributed by atoms with Gasteiger partial charge in [-0.1, -0.05) is 20.8 Å². The van der Waals surface area contributed by atoms with Crippen molar-refractivity contribution in [2.45, 2.75) is 53.0 Å². The van der Waals surface area contributed by atoms with Crippen LogP contribution in [0.25, 0.3) is 0 Å². The minimum Gasteiger partial charge on any atom is -0.623 e. The van der Waals surface area contributed by atoms with Gasteiger partial charge in [-0.25, -0.2) is 4.74 Å². The van der Waals surface area contributed by atoms with Crippen LogP contribution in [0.15, 0.2) is 0 Å². The molecule has 1 aliphatic rings. The lowest BCUT2D eigenvalue weighted by atomic mass is 9.88. The van der Waals surface area contributed by atoms with Crippen LogP contribution in [0.2, 0.25) is 0 Å². The van der Waals surface area contributed by atoms with E-state index in [0.717, 1.165) is 18.6 Å². The standard InChI is InChI=1S/C10H19NO/c1-9(2,3)8-6-7-10(4,5)11(8)12/h6-7H2,1-5H3. The summed E-state index contributed by atoms with van der Waals surface area (Å²) in [6.45, 7) is 10.3. The van der Waals surface area contributed by atoms with Gasteiger partial charge in [0.2, 0.25) is 0 Å². The van der Waals surface area contributed by atoms with Gasteiger partial charge in [0.05, 0.1) is 0 Å². The Bertz CT molecular complexity index is 220. The van der Waals surface area contributed by atoms with Gasteiger partial charge < -0.3 is 5.21 Å². The molecule has 0 radical (unpaired) electrons. The highest BCUT2D eigenvalue weighted by Gasteiger charge is 2.41. The van der Waals surface area contributed by atoms with Gasteiger partial charge >= 0.3 is 0 Å². The molecule has 0 amide bonds. The average Bonchev–Trinajstić information content (AvgIpc) is 2.06. The number of hydroxylamine groups is 1. The number of nitrogens with zero attached hydrogens (tertiary/aromatic N) is 1. The average molecular weight is 169 g/mol. The molecule has 0 N–H and O–H groups in total. The van der Waals surface area contributed by atoms with Crippen LogP contribution in [0, 0.1) is 10.6 Å². The van der Waals surface area contributed by atoms with Gasteiger partial charge in [-0.05, 0) is 0 Å². The molecule has 0 bridgehead atoms. The van der Waals surface area contributed by atoms with Gasteiger partial charge in [0.15, 0.2) is 11.3 Å². The van der Waals surface area contributed by atoms with E-state index in [1.165, 1.54) is 4.74 Å². The molecule has 0 aromatic carbocycles. The molecule has 0 aromatic heterocycles. The fourth-order valence-electron chi connectivity index (χ4n) is 1.67. The molecular formula is C10H19NO. The van der Waals surface area contributed by atoms with Crippen LogP contribution < -0.4 is 0 Å². The van der Waals surface area contributed by atoms with E-state index >= 15 is 0 Å². The molecule has 1 rings (SSSR count). The summed E-state index contributed by atoms with van der Waals surface area (Å²) in [6, 6.07) is 0. The van der Waals surface area contributed by atoms with Crippen LogP contribution in [-0.2, 0) is 0 Å². The zero-order chi connectivity index (χ0) is 9.57. The van der Waals surface area contributed by atoms with Crippen LogP contribution >= 0.6 is 0 Å². The van der Waals surface area contributed by atoms with E-state index in [2.05, 4.69) is 20.8 Å². The third kappa shape index (κ3) is 1.47. The Labute approximate surface area is 74.9 Å². The second kappa shape index (κ2) is 2.48. The molecule has 2 heteroatoms. The van der Waals surface area contributed by atoms with Crippen molar-refractivity contribution >= 4 is 5.71 Å². The maximum Gasteiger partial charge on any atom is 0.169 e. The zero-order valence-corrected chi connectivity index (χ0v) is 8.77. The lowest BCUT2D eigenvalue weighted by Gasteiger charge is -2.22. The molecule has 0 aliphatic carbocycles. The predicted octanol–water partition coefficient (Wildman–Crippen LogP) is 2.56. The summed E-state index contributed by atoms with van der Waals surface area (Å²) < 4.78 is 1.22. The molecule has 0 unspecified atom stereocenters. The molecule has 12 heavy (non-hydrogen) atoms. The predicted molar refractivity (Wildman–Crippen MR) is 51.4 cm³/mol. The quantitative estimate of drug-likeness (QED) is 0.404. The van der Waals surface area contributed by atoms with E-state index in [9.17, 15) is 5.21 Å². The van der Waals surface area contributed by atoms with Crippen LogP contribution in [0.3, 0.4) is 0 Å². The Kier molecular flexibility index (Phi) is 1.97. The third-order valence-electron chi connectivity index (χ3n) is 2.63. The monoisotopic (exact) mass is 169 g/mol. The molecule has 2 nitrogen and oxygen atoms in total. The Morgan fingerprint density at radius 3 is 2.00 bits per heavy atom. The lowest BCUT2D eigenvalue weighted by Crippen LogP contribution is -2.33. The molecule has 0 saturated heterocycles. The first-order valence-electron chi connectivity index (χ1n) is 4.59. The molecule has 1 heterocycles. The van der Waals surface area contributed by atoms with Crippen molar-refractivity contribution in [2.24, 2.45) is 5.41 Å². The first-order chi connectivity index (χ1) is 5.25. The maximum atomic E-state index is 11.8. The highest BCUT2D eigenvalue weighted by molar-refractivity contribution is 5.86. The van der Waals surface area contributed by atoms with E-state index in [0.29, 0.717) is 0 Å². The summed E-state index contributed by atoms with van der Waals surface area (Å²) in [5.74, 6) is 0. The second-order valence-electron chi connectivity index (χ2n) is 5.30. The Hall–Kier alpha value is -0.530. The van der Waals surface area contributed by atoms with E-state index in [-0.39, 0.29) is 11.0 Å². The van der Waals surface area contributed by atoms with Crippen molar-refractivity contribution in [3.8, 4) is 0 Å². The molecule has 0 aromatic rings. The van der Waals surface area contributed by atoms with Crippen LogP contribution in [-0.4, -0.2) is 16.0 Å². The fourth-order valence-corrected chi connectivity index (χ4v) is 1.67. The second-order valence-corrected chi connectivity index (χ2v) is 5.30. The topological polar surface area (TPSA) is 26.1 Å². The van der Waals surface area contributed by atoms with Crippen LogP contribution in [0.1, 0.15) is 47.5 Å². The first-order valence-corrected chi connectivity index (χ1v) is 4.59. The van der Waals surface area contributed by atoms with Gasteiger partial charge in [0, 0.05) is 32.1 Å². The first kappa shape index (κ1) is 9.56. The molecular weight excluding hydrogens is 150 g/mol. The molecule has 0 fully saturated rings. The maximum absolute atomic E-state index is 11.8. The molecule has 0 spiro atoms. The van der Waals surface area contributed by atoms with Gasteiger partial charge in [-0.15, -0.1) is 0 Å². The largest absolute Gasteiger partial charge is 0.623 e. The summed E-state index contributed by atoms with van der Waals surface area (Å²) in [5, 5.41) is 11.8. The highest BCUT2D eigenvalue weighted by Crippen LogP contribution is 2.31. The van der Waals surface area contributed by atoms with Crippen molar-refractivity contribution < 1.29 is 4.74 Å². The van der Waals surface area contributed by atoms with Gasteiger partial charge in [0.1, 0.15) is 0 Å². The minimum atomic E-state index is -0.178. The molecule has 0 atom stereocenters. The number of rotatable bonds is 0. The van der Waals surface area contributed by atoms with Gasteiger partial charge in [-0.2, -0.15) is 0 Å². The molecule has 0 saturated carbocycles. The van der Waals surface area contributed by atoms with E-state index < -0.39 is 0 Å². The van der Waals surface area contributed by atoms with E-state index in [1.54, 1.807) is 0 Å². The summed E-state index contributed by atoms with van der Waals surface area (Å²) in [7, 11) is 0. The van der Waals surface area contributed by atoms with Crippen molar-refractivity contribution in [2.75, 3.05) is 0 Å². The van der Waals surface area contributed by atoms with Crippen LogP contribution in [0.4, 0.5) is 0 Å². The Balaban J connectivity index is 3.01. The zero-order valence-electron chi connectivity index (χ0n) is 8.77. The number of hydrogen-bond acceptors (Lipinski definition) is 1. The van der Waals surface area contributed by atoms with E-state index in [4.69, 9.17) is 0 Å². The van der Waals surface area contributed by atoms with Crippen LogP contribution in [0.5, 0.6) is 0 Å². The van der Waals surface area contributed by atoms with Gasteiger partial charge in [-0.3, -0.25) is 0 Å². The highest BCUT2D eigenvalue weighted by atomic mass is 16.5. The summed E-state index contributed by atoms with van der Waals surface area (Å²) in [4.78, 5) is 0. The summed E-state index contributed by atoms with van der Waals surface area (Å²) >= 11 is 0. The summed E-state index contributed by atoms with van der Waals surface area (Å²) in [5.41, 5.74) is 0.908. The van der Waals surface area contributed by atoms with Crippen molar-refractivity contribution in [1.82, 2.24) is 0 Å². The minimum absolute atomic E-state index is 0.0372. The Morgan fingerprint density at radius 1 is 1.33 bits per heavy atom. The smallest absolute Gasteiger partial charge is 0.169 e. The SMILES string of the molecule is CC(C)(C)C1=[N+]([O-])C(C)(C)CC1. The molecule has 1 aliphatic heterocycles. The fraction of sp³-hybridized carbons (Fsp3) is 0.900. The van der Waals surface area contributed by atoms with Gasteiger partial charge in [0.25, 0.3) is 0 Å². The van der Waals surface area contributed by atoms with Crippen molar-refractivity contribution in [3.05, 3.63) is 5.21 Å². The normalized spacial score (nSPS) is 23.4. The lowest BCUT2D eigenvalue weighted by molar-refractivity contribution is -0.533. The van der Waals surface area contributed by atoms with Crippen molar-refractivity contribution in [3.63, 3.8) is 0 Å². The number of hydrogen-bond donors (Lipinski definition) is 0. The third-order valence-corrected chi connectivity index (χ3v) is 2.63. The Morgan fingerprint density at radius 2 is 1.83 bits per heavy atom. The summed E-state index contributed by atoms with van der Waals surface area (Å²) in [6.07, 6.45) is 1.95. The molecule has 70 valence electrons.